The van der Waals surface area contributed by atoms with E-state index in [4.69, 9.17) is 9.84 Å². The van der Waals surface area contributed by atoms with Crippen LogP contribution >= 0.6 is 0 Å². The highest BCUT2D eigenvalue weighted by atomic mass is 16.5. The monoisotopic (exact) mass is 220 g/mol. The summed E-state index contributed by atoms with van der Waals surface area (Å²) in [5.74, 6) is -1.42. The Morgan fingerprint density at radius 1 is 1.31 bits per heavy atom. The van der Waals surface area contributed by atoms with Gasteiger partial charge in [-0.1, -0.05) is 12.1 Å². The maximum absolute atomic E-state index is 12.0. The lowest BCUT2D eigenvalue weighted by Crippen LogP contribution is -2.09. The molecule has 4 nitrogen and oxygen atoms in total. The summed E-state index contributed by atoms with van der Waals surface area (Å²) in [6.07, 6.45) is 0.437. The number of methoxy groups -OCH3 is 1. The minimum Gasteiger partial charge on any atom is -0.496 e. The number of carboxylic acid groups (broad SMARTS) is 1. The highest BCUT2D eigenvalue weighted by Gasteiger charge is 2.48. The fraction of sp³-hybridized carbons (Fsp3) is 0.333. The summed E-state index contributed by atoms with van der Waals surface area (Å²) in [5, 5.41) is 8.76. The van der Waals surface area contributed by atoms with Crippen molar-refractivity contribution in [2.45, 2.75) is 6.42 Å². The highest BCUT2D eigenvalue weighted by molar-refractivity contribution is 6.04. The number of ketones is 1. The molecule has 0 spiro atoms. The van der Waals surface area contributed by atoms with Crippen molar-refractivity contribution in [3.05, 3.63) is 29.8 Å². The Labute approximate surface area is 92.8 Å². The van der Waals surface area contributed by atoms with Gasteiger partial charge in [-0.15, -0.1) is 0 Å². The number of aliphatic carboxylic acids is 1. The van der Waals surface area contributed by atoms with Gasteiger partial charge in [-0.2, -0.15) is 0 Å². The number of carbonyl (C=O) groups excluding carboxylic acids is 1. The fourth-order valence-electron chi connectivity index (χ4n) is 1.81. The van der Waals surface area contributed by atoms with Gasteiger partial charge in [0.15, 0.2) is 5.78 Å². The number of hydrogen-bond acceptors (Lipinski definition) is 3. The standard InChI is InChI=1S/C12H12O4/c1-16-10-5-3-2-4-7(10)11(13)8-6-9(8)12(14)15/h2-5,8-9H,6H2,1H3,(H,14,15). The summed E-state index contributed by atoms with van der Waals surface area (Å²) in [4.78, 5) is 22.6. The number of carboxylic acids is 1. The van der Waals surface area contributed by atoms with E-state index >= 15 is 0 Å². The zero-order chi connectivity index (χ0) is 11.7. The van der Waals surface area contributed by atoms with Crippen LogP contribution in [0, 0.1) is 11.8 Å². The van der Waals surface area contributed by atoms with Gasteiger partial charge in [0.2, 0.25) is 0 Å². The van der Waals surface area contributed by atoms with Gasteiger partial charge in [0.25, 0.3) is 0 Å². The van der Waals surface area contributed by atoms with E-state index in [1.54, 1.807) is 24.3 Å². The van der Waals surface area contributed by atoms with Crippen LogP contribution in [0.25, 0.3) is 0 Å². The predicted octanol–water partition coefficient (Wildman–Crippen LogP) is 1.60. The van der Waals surface area contributed by atoms with Crippen LogP contribution in [0.15, 0.2) is 24.3 Å². The first-order chi connectivity index (χ1) is 7.65. The van der Waals surface area contributed by atoms with Crippen LogP contribution in [0.5, 0.6) is 5.75 Å². The first-order valence-corrected chi connectivity index (χ1v) is 5.05. The second-order valence-corrected chi connectivity index (χ2v) is 3.85. The number of Topliss-reactive ketones (excluding diaryl/α,β-unsaturated/α-hetero) is 1. The first-order valence-electron chi connectivity index (χ1n) is 5.05. The summed E-state index contributed by atoms with van der Waals surface area (Å²) in [6.45, 7) is 0. The normalized spacial score (nSPS) is 22.6. The quantitative estimate of drug-likeness (QED) is 0.783. The molecule has 1 fully saturated rings. The molecule has 2 unspecified atom stereocenters. The van der Waals surface area contributed by atoms with Crippen molar-refractivity contribution < 1.29 is 19.4 Å². The molecule has 0 radical (unpaired) electrons. The zero-order valence-electron chi connectivity index (χ0n) is 8.84. The molecular formula is C12H12O4. The van der Waals surface area contributed by atoms with Crippen molar-refractivity contribution in [1.82, 2.24) is 0 Å². The molecule has 2 atom stereocenters. The molecular weight excluding hydrogens is 208 g/mol. The highest BCUT2D eigenvalue weighted by Crippen LogP contribution is 2.42. The predicted molar refractivity (Wildman–Crippen MR) is 56.6 cm³/mol. The van der Waals surface area contributed by atoms with Crippen LogP contribution in [-0.2, 0) is 4.79 Å². The molecule has 1 N–H and O–H groups in total. The Morgan fingerprint density at radius 2 is 2.00 bits per heavy atom. The number of benzene rings is 1. The molecule has 16 heavy (non-hydrogen) atoms. The number of carbonyl (C=O) groups is 2. The topological polar surface area (TPSA) is 63.6 Å². The molecule has 0 aromatic heterocycles. The minimum atomic E-state index is -0.895. The van der Waals surface area contributed by atoms with Crippen LogP contribution < -0.4 is 4.74 Å². The van der Waals surface area contributed by atoms with Gasteiger partial charge >= 0.3 is 5.97 Å². The summed E-state index contributed by atoms with van der Waals surface area (Å²) >= 11 is 0. The Kier molecular flexibility index (Phi) is 2.64. The second kappa shape index (κ2) is 3.96. The smallest absolute Gasteiger partial charge is 0.307 e. The van der Waals surface area contributed by atoms with Crippen molar-refractivity contribution in [2.75, 3.05) is 7.11 Å². The zero-order valence-corrected chi connectivity index (χ0v) is 8.84. The van der Waals surface area contributed by atoms with Gasteiger partial charge in [-0.3, -0.25) is 9.59 Å². The Hall–Kier alpha value is -1.84. The minimum absolute atomic E-state index is 0.134. The van der Waals surface area contributed by atoms with Gasteiger partial charge < -0.3 is 9.84 Å². The van der Waals surface area contributed by atoms with E-state index in [1.165, 1.54) is 7.11 Å². The van der Waals surface area contributed by atoms with Gasteiger partial charge in [0.1, 0.15) is 5.75 Å². The third kappa shape index (κ3) is 1.78. The molecule has 1 aromatic rings. The van der Waals surface area contributed by atoms with Crippen molar-refractivity contribution in [3.63, 3.8) is 0 Å². The summed E-state index contributed by atoms with van der Waals surface area (Å²) < 4.78 is 5.07. The molecule has 1 aromatic carbocycles. The molecule has 0 amide bonds. The molecule has 84 valence electrons. The summed E-state index contributed by atoms with van der Waals surface area (Å²) in [6, 6.07) is 6.88. The van der Waals surface area contributed by atoms with Crippen LogP contribution in [0.3, 0.4) is 0 Å². The number of hydrogen-bond donors (Lipinski definition) is 1. The number of ether oxygens (including phenoxy) is 1. The lowest BCUT2D eigenvalue weighted by molar-refractivity contribution is -0.138. The van der Waals surface area contributed by atoms with Crippen LogP contribution in [-0.4, -0.2) is 24.0 Å². The average molecular weight is 220 g/mol. The van der Waals surface area contributed by atoms with Crippen molar-refractivity contribution in [3.8, 4) is 5.75 Å². The van der Waals surface area contributed by atoms with Gasteiger partial charge in [-0.25, -0.2) is 0 Å². The molecule has 0 heterocycles. The maximum atomic E-state index is 12.0. The molecule has 0 aliphatic heterocycles. The summed E-state index contributed by atoms with van der Waals surface area (Å²) in [7, 11) is 1.49. The van der Waals surface area contributed by atoms with Crippen molar-refractivity contribution >= 4 is 11.8 Å². The third-order valence-corrected chi connectivity index (χ3v) is 2.82. The van der Waals surface area contributed by atoms with Crippen LogP contribution in [0.2, 0.25) is 0 Å². The first kappa shape index (κ1) is 10.7. The lowest BCUT2D eigenvalue weighted by atomic mass is 10.0. The van der Waals surface area contributed by atoms with E-state index in [-0.39, 0.29) is 11.7 Å². The molecule has 1 aliphatic carbocycles. The van der Waals surface area contributed by atoms with Crippen molar-refractivity contribution in [1.29, 1.82) is 0 Å². The van der Waals surface area contributed by atoms with Gasteiger partial charge in [0, 0.05) is 5.92 Å². The van der Waals surface area contributed by atoms with Crippen LogP contribution in [0.4, 0.5) is 0 Å². The van der Waals surface area contributed by atoms with E-state index in [0.29, 0.717) is 17.7 Å². The van der Waals surface area contributed by atoms with E-state index in [2.05, 4.69) is 0 Å². The Morgan fingerprint density at radius 3 is 2.56 bits per heavy atom. The average Bonchev–Trinajstić information content (AvgIpc) is 3.08. The number of rotatable bonds is 4. The largest absolute Gasteiger partial charge is 0.496 e. The van der Waals surface area contributed by atoms with E-state index in [9.17, 15) is 9.59 Å². The molecule has 4 heteroatoms. The SMILES string of the molecule is COc1ccccc1C(=O)C1CC1C(=O)O. The fourth-order valence-corrected chi connectivity index (χ4v) is 1.81. The summed E-state index contributed by atoms with van der Waals surface area (Å²) in [5.41, 5.74) is 0.471. The Balaban J connectivity index is 2.19. The van der Waals surface area contributed by atoms with Gasteiger partial charge in [-0.05, 0) is 18.6 Å². The second-order valence-electron chi connectivity index (χ2n) is 3.85. The molecule has 0 bridgehead atoms. The van der Waals surface area contributed by atoms with E-state index in [1.807, 2.05) is 0 Å². The van der Waals surface area contributed by atoms with E-state index < -0.39 is 11.9 Å². The molecule has 1 aliphatic rings. The number of para-hydroxylation sites is 1. The molecule has 0 saturated heterocycles. The Bertz CT molecular complexity index is 438. The lowest BCUT2D eigenvalue weighted by Gasteiger charge is -2.06. The molecule has 2 rings (SSSR count). The van der Waals surface area contributed by atoms with Gasteiger partial charge in [0.05, 0.1) is 18.6 Å². The molecule has 1 saturated carbocycles. The van der Waals surface area contributed by atoms with Crippen molar-refractivity contribution in [2.24, 2.45) is 11.8 Å². The van der Waals surface area contributed by atoms with Crippen LogP contribution in [0.1, 0.15) is 16.8 Å². The van der Waals surface area contributed by atoms with E-state index in [0.717, 1.165) is 0 Å². The third-order valence-electron chi connectivity index (χ3n) is 2.82. The maximum Gasteiger partial charge on any atom is 0.307 e.